The minimum absolute atomic E-state index is 0.250. The Labute approximate surface area is 132 Å². The lowest BCUT2D eigenvalue weighted by Crippen LogP contribution is -2.29. The number of carbonyl (C=O) groups is 1. The van der Waals surface area contributed by atoms with E-state index in [0.717, 1.165) is 10.0 Å². The molecule has 21 heavy (non-hydrogen) atoms. The topological polar surface area (TPSA) is 78.3 Å². The van der Waals surface area contributed by atoms with Crippen LogP contribution in [0, 0.1) is 0 Å². The highest BCUT2D eigenvalue weighted by Crippen LogP contribution is 2.28. The van der Waals surface area contributed by atoms with E-state index >= 15 is 0 Å². The molecule has 2 aromatic carbocycles. The van der Waals surface area contributed by atoms with Crippen LogP contribution in [0.2, 0.25) is 0 Å². The summed E-state index contributed by atoms with van der Waals surface area (Å²) in [5, 5.41) is 0. The first-order chi connectivity index (χ1) is 9.99. The molecule has 0 saturated heterocycles. The second-order valence-corrected chi connectivity index (χ2v) is 5.73. The molecule has 110 valence electrons. The number of hydrogen-bond donors (Lipinski definition) is 2. The second kappa shape index (κ2) is 6.74. The molecule has 5 heteroatoms. The van der Waals surface area contributed by atoms with Crippen LogP contribution in [-0.4, -0.2) is 11.9 Å². The van der Waals surface area contributed by atoms with Crippen molar-refractivity contribution < 1.29 is 9.53 Å². The Balaban J connectivity index is 2.36. The number of carbonyl (C=O) groups excluding carboxylic acids is 1. The van der Waals surface area contributed by atoms with Crippen molar-refractivity contribution in [2.24, 2.45) is 11.5 Å². The van der Waals surface area contributed by atoms with Gasteiger partial charge in [-0.25, -0.2) is 0 Å². The lowest BCUT2D eigenvalue weighted by Gasteiger charge is -2.24. The van der Waals surface area contributed by atoms with Crippen LogP contribution in [0.1, 0.15) is 28.9 Å². The van der Waals surface area contributed by atoms with E-state index < -0.39 is 5.91 Å². The van der Waals surface area contributed by atoms with Crippen LogP contribution in [-0.2, 0) is 0 Å². The van der Waals surface area contributed by atoms with Gasteiger partial charge >= 0.3 is 0 Å². The Morgan fingerprint density at radius 3 is 2.52 bits per heavy atom. The van der Waals surface area contributed by atoms with Crippen LogP contribution >= 0.6 is 15.9 Å². The van der Waals surface area contributed by atoms with Gasteiger partial charge in [-0.05, 0) is 36.8 Å². The van der Waals surface area contributed by atoms with Gasteiger partial charge in [-0.15, -0.1) is 0 Å². The summed E-state index contributed by atoms with van der Waals surface area (Å²) in [5.74, 6) is -0.0875. The van der Waals surface area contributed by atoms with E-state index in [1.807, 2.05) is 31.2 Å². The van der Waals surface area contributed by atoms with E-state index in [1.165, 1.54) is 0 Å². The van der Waals surface area contributed by atoms with Crippen LogP contribution in [0.15, 0.2) is 53.0 Å². The van der Waals surface area contributed by atoms with Gasteiger partial charge in [0.25, 0.3) is 5.91 Å². The van der Waals surface area contributed by atoms with Crippen LogP contribution < -0.4 is 16.2 Å². The fraction of sp³-hybridized carbons (Fsp3) is 0.188. The van der Waals surface area contributed by atoms with Gasteiger partial charge in [0.15, 0.2) is 0 Å². The fourth-order valence-corrected chi connectivity index (χ4v) is 2.49. The summed E-state index contributed by atoms with van der Waals surface area (Å²) in [6, 6.07) is 14.4. The zero-order valence-electron chi connectivity index (χ0n) is 11.6. The van der Waals surface area contributed by atoms with Crippen molar-refractivity contribution in [1.82, 2.24) is 0 Å². The van der Waals surface area contributed by atoms with Crippen LogP contribution in [0.3, 0.4) is 0 Å². The third-order valence-corrected chi connectivity index (χ3v) is 3.55. The highest BCUT2D eigenvalue weighted by Gasteiger charge is 2.20. The summed E-state index contributed by atoms with van der Waals surface area (Å²) >= 11 is 3.43. The Hall–Kier alpha value is -1.85. The average Bonchev–Trinajstić information content (AvgIpc) is 2.44. The van der Waals surface area contributed by atoms with E-state index in [0.29, 0.717) is 11.3 Å². The Morgan fingerprint density at radius 1 is 1.19 bits per heavy atom. The molecule has 2 aromatic rings. The van der Waals surface area contributed by atoms with Gasteiger partial charge in [-0.2, -0.15) is 0 Å². The molecule has 2 atom stereocenters. The smallest absolute Gasteiger partial charge is 0.252 e. The lowest BCUT2D eigenvalue weighted by atomic mass is 10.0. The van der Waals surface area contributed by atoms with Crippen molar-refractivity contribution >= 4 is 21.8 Å². The number of benzene rings is 2. The maximum atomic E-state index is 11.5. The molecule has 1 amide bonds. The van der Waals surface area contributed by atoms with Gasteiger partial charge < -0.3 is 16.2 Å². The molecule has 2 rings (SSSR count). The number of primary amides is 1. The molecule has 0 aliphatic heterocycles. The van der Waals surface area contributed by atoms with Gasteiger partial charge in [-0.1, -0.05) is 40.2 Å². The highest BCUT2D eigenvalue weighted by molar-refractivity contribution is 9.10. The predicted molar refractivity (Wildman–Crippen MR) is 86.1 cm³/mol. The SMILES string of the molecule is CC(N)C(Oc1ccccc1C(N)=O)c1cccc(Br)c1. The van der Waals surface area contributed by atoms with E-state index in [1.54, 1.807) is 24.3 Å². The molecule has 0 aromatic heterocycles. The summed E-state index contributed by atoms with van der Waals surface area (Å²) in [6.45, 7) is 1.86. The number of rotatable bonds is 5. The van der Waals surface area contributed by atoms with Gasteiger partial charge in [0.05, 0.1) is 5.56 Å². The van der Waals surface area contributed by atoms with Crippen LogP contribution in [0.5, 0.6) is 5.75 Å². The second-order valence-electron chi connectivity index (χ2n) is 4.81. The number of para-hydroxylation sites is 1. The monoisotopic (exact) mass is 348 g/mol. The van der Waals surface area contributed by atoms with Crippen molar-refractivity contribution in [2.45, 2.75) is 19.1 Å². The summed E-state index contributed by atoms with van der Waals surface area (Å²) in [6.07, 6.45) is -0.372. The van der Waals surface area contributed by atoms with Gasteiger partial charge in [0, 0.05) is 10.5 Å². The summed E-state index contributed by atoms with van der Waals surface area (Å²) < 4.78 is 6.90. The van der Waals surface area contributed by atoms with Gasteiger partial charge in [-0.3, -0.25) is 4.79 Å². The van der Waals surface area contributed by atoms with Crippen LogP contribution in [0.4, 0.5) is 0 Å². The van der Waals surface area contributed by atoms with Crippen LogP contribution in [0.25, 0.3) is 0 Å². The molecule has 0 spiro atoms. The Morgan fingerprint density at radius 2 is 1.90 bits per heavy atom. The third-order valence-electron chi connectivity index (χ3n) is 3.06. The third kappa shape index (κ3) is 3.83. The number of amides is 1. The number of nitrogens with two attached hydrogens (primary N) is 2. The summed E-state index contributed by atoms with van der Waals surface area (Å²) in [5.41, 5.74) is 12.7. The molecule has 2 unspecified atom stereocenters. The number of halogens is 1. The molecule has 0 bridgehead atoms. The van der Waals surface area contributed by atoms with Gasteiger partial charge in [0.1, 0.15) is 11.9 Å². The largest absolute Gasteiger partial charge is 0.483 e. The van der Waals surface area contributed by atoms with Crippen molar-refractivity contribution in [3.8, 4) is 5.75 Å². The van der Waals surface area contributed by atoms with E-state index in [9.17, 15) is 4.79 Å². The first-order valence-corrected chi connectivity index (χ1v) is 7.35. The lowest BCUT2D eigenvalue weighted by molar-refractivity contribution is 0.0990. The molecule has 0 saturated carbocycles. The van der Waals surface area contributed by atoms with Crippen molar-refractivity contribution in [1.29, 1.82) is 0 Å². The molecular formula is C16H17BrN2O2. The Kier molecular flexibility index (Phi) is 4.98. The van der Waals surface area contributed by atoms with E-state index in [-0.39, 0.29) is 12.1 Å². The molecule has 0 aliphatic rings. The summed E-state index contributed by atoms with van der Waals surface area (Å²) in [7, 11) is 0. The molecule has 0 fully saturated rings. The van der Waals surface area contributed by atoms with Crippen molar-refractivity contribution in [3.05, 3.63) is 64.1 Å². The van der Waals surface area contributed by atoms with Crippen molar-refractivity contribution in [3.63, 3.8) is 0 Å². The maximum absolute atomic E-state index is 11.5. The molecule has 0 radical (unpaired) electrons. The minimum Gasteiger partial charge on any atom is -0.483 e. The minimum atomic E-state index is -0.525. The molecule has 0 heterocycles. The standard InChI is InChI=1S/C16H17BrN2O2/c1-10(18)15(11-5-4-6-12(17)9-11)21-14-8-3-2-7-13(14)16(19)20/h2-10,15H,18H2,1H3,(H2,19,20). The zero-order chi connectivity index (χ0) is 15.4. The normalized spacial score (nSPS) is 13.5. The fourth-order valence-electron chi connectivity index (χ4n) is 2.07. The molecular weight excluding hydrogens is 332 g/mol. The van der Waals surface area contributed by atoms with E-state index in [4.69, 9.17) is 16.2 Å². The van der Waals surface area contributed by atoms with E-state index in [2.05, 4.69) is 15.9 Å². The number of hydrogen-bond acceptors (Lipinski definition) is 3. The highest BCUT2D eigenvalue weighted by atomic mass is 79.9. The predicted octanol–water partition coefficient (Wildman–Crippen LogP) is 3.02. The zero-order valence-corrected chi connectivity index (χ0v) is 13.2. The quantitative estimate of drug-likeness (QED) is 0.871. The maximum Gasteiger partial charge on any atom is 0.252 e. The van der Waals surface area contributed by atoms with Gasteiger partial charge in [0.2, 0.25) is 0 Å². The molecule has 4 nitrogen and oxygen atoms in total. The first-order valence-electron chi connectivity index (χ1n) is 6.55. The summed E-state index contributed by atoms with van der Waals surface area (Å²) in [4.78, 5) is 11.5. The average molecular weight is 349 g/mol. The molecule has 4 N–H and O–H groups in total. The Bertz CT molecular complexity index is 644. The number of ether oxygens (including phenoxy) is 1. The molecule has 0 aliphatic carbocycles. The van der Waals surface area contributed by atoms with Crippen molar-refractivity contribution in [2.75, 3.05) is 0 Å². The first kappa shape index (κ1) is 15.5.